The third-order valence-corrected chi connectivity index (χ3v) is 4.43. The van der Waals surface area contributed by atoms with Crippen LogP contribution in [0.4, 0.5) is 25.0 Å². The fourth-order valence-electron chi connectivity index (χ4n) is 2.14. The number of alkyl halides is 2. The van der Waals surface area contributed by atoms with E-state index in [1.54, 1.807) is 12.1 Å². The summed E-state index contributed by atoms with van der Waals surface area (Å²) in [5, 5.41) is 5.49. The van der Waals surface area contributed by atoms with Crippen molar-refractivity contribution in [3.63, 3.8) is 0 Å². The molecule has 0 heterocycles. The third kappa shape index (κ3) is 4.53. The summed E-state index contributed by atoms with van der Waals surface area (Å²) in [7, 11) is 1.45. The van der Waals surface area contributed by atoms with Crippen molar-refractivity contribution in [2.45, 2.75) is 12.8 Å². The molecule has 4 nitrogen and oxygen atoms in total. The van der Waals surface area contributed by atoms with Crippen LogP contribution in [0.25, 0.3) is 0 Å². The van der Waals surface area contributed by atoms with Gasteiger partial charge in [0.25, 0.3) is 5.92 Å². The summed E-state index contributed by atoms with van der Waals surface area (Å²) in [6.45, 7) is 4.56. The van der Waals surface area contributed by atoms with E-state index in [9.17, 15) is 13.6 Å². The zero-order valence-corrected chi connectivity index (χ0v) is 16.3. The lowest BCUT2D eigenvalue weighted by atomic mass is 10.0. The number of carbonyl (C=O) groups excluding carboxylic acids is 1. The number of urea groups is 1. The summed E-state index contributed by atoms with van der Waals surface area (Å²) in [5.41, 5.74) is -0.0451. The predicted molar refractivity (Wildman–Crippen MR) is 103 cm³/mol. The number of ether oxygens (including phenoxy) is 1. The number of carbonyl (C=O) groups is 1. The maximum atomic E-state index is 14.3. The SMILES string of the molecule is C=C(C)C(F)(F)c1cc(NC(=O)Nc2cc(Cl)ccc2OC)ccc1Br. The van der Waals surface area contributed by atoms with Gasteiger partial charge < -0.3 is 15.4 Å². The molecule has 2 aromatic rings. The molecule has 2 amide bonds. The van der Waals surface area contributed by atoms with Crippen molar-refractivity contribution in [3.8, 4) is 5.75 Å². The first-order valence-corrected chi connectivity index (χ1v) is 8.57. The van der Waals surface area contributed by atoms with Crippen LogP contribution in [-0.2, 0) is 5.92 Å². The maximum absolute atomic E-state index is 14.3. The average Bonchev–Trinajstić information content (AvgIpc) is 2.56. The van der Waals surface area contributed by atoms with E-state index in [0.717, 1.165) is 0 Å². The van der Waals surface area contributed by atoms with Gasteiger partial charge in [-0.05, 0) is 48.9 Å². The van der Waals surface area contributed by atoms with Crippen molar-refractivity contribution >= 4 is 44.9 Å². The van der Waals surface area contributed by atoms with Crippen LogP contribution in [0.5, 0.6) is 5.75 Å². The van der Waals surface area contributed by atoms with Crippen LogP contribution in [0.3, 0.4) is 0 Å². The van der Waals surface area contributed by atoms with E-state index < -0.39 is 12.0 Å². The molecule has 0 fully saturated rings. The molecule has 0 bridgehead atoms. The molecule has 0 aromatic heterocycles. The molecule has 0 aliphatic carbocycles. The molecule has 138 valence electrons. The summed E-state index contributed by atoms with van der Waals surface area (Å²) in [5.74, 6) is -2.82. The number of halogens is 4. The van der Waals surface area contributed by atoms with Gasteiger partial charge in [0.2, 0.25) is 0 Å². The molecule has 0 radical (unpaired) electrons. The fraction of sp³-hybridized carbons (Fsp3) is 0.167. The van der Waals surface area contributed by atoms with Crippen molar-refractivity contribution in [1.29, 1.82) is 0 Å². The number of hydrogen-bond acceptors (Lipinski definition) is 2. The highest BCUT2D eigenvalue weighted by atomic mass is 79.9. The second kappa shape index (κ2) is 8.05. The Hall–Kier alpha value is -2.12. The molecule has 0 unspecified atom stereocenters. The van der Waals surface area contributed by atoms with Crippen LogP contribution in [0, 0.1) is 0 Å². The topological polar surface area (TPSA) is 50.4 Å². The van der Waals surface area contributed by atoms with Crippen LogP contribution in [-0.4, -0.2) is 13.1 Å². The quantitative estimate of drug-likeness (QED) is 0.522. The maximum Gasteiger partial charge on any atom is 0.323 e. The number of benzene rings is 2. The molecule has 0 saturated heterocycles. The Morgan fingerprint density at radius 3 is 2.54 bits per heavy atom. The first-order chi connectivity index (χ1) is 12.1. The lowest BCUT2D eigenvalue weighted by Gasteiger charge is -2.19. The highest BCUT2D eigenvalue weighted by Gasteiger charge is 2.34. The monoisotopic (exact) mass is 444 g/mol. The molecule has 0 saturated carbocycles. The fourth-order valence-corrected chi connectivity index (χ4v) is 2.80. The molecule has 0 atom stereocenters. The van der Waals surface area contributed by atoms with Crippen LogP contribution >= 0.6 is 27.5 Å². The lowest BCUT2D eigenvalue weighted by molar-refractivity contribution is 0.0378. The van der Waals surface area contributed by atoms with Gasteiger partial charge in [-0.25, -0.2) is 4.79 Å². The van der Waals surface area contributed by atoms with Crippen molar-refractivity contribution in [1.82, 2.24) is 0 Å². The van der Waals surface area contributed by atoms with Gasteiger partial charge >= 0.3 is 6.03 Å². The van der Waals surface area contributed by atoms with Gasteiger partial charge in [0.05, 0.1) is 12.8 Å². The number of amides is 2. The molecule has 2 N–H and O–H groups in total. The minimum atomic E-state index is -3.23. The molecule has 26 heavy (non-hydrogen) atoms. The zero-order chi connectivity index (χ0) is 19.5. The van der Waals surface area contributed by atoms with Crippen LogP contribution in [0.1, 0.15) is 12.5 Å². The Morgan fingerprint density at radius 2 is 1.92 bits per heavy atom. The molecule has 2 aromatic carbocycles. The number of hydrogen-bond donors (Lipinski definition) is 2. The smallest absolute Gasteiger partial charge is 0.323 e. The molecule has 0 aliphatic rings. The van der Waals surface area contributed by atoms with E-state index in [0.29, 0.717) is 16.5 Å². The highest BCUT2D eigenvalue weighted by molar-refractivity contribution is 9.10. The molecule has 8 heteroatoms. The van der Waals surface area contributed by atoms with Crippen molar-refractivity contribution < 1.29 is 18.3 Å². The summed E-state index contributed by atoms with van der Waals surface area (Å²) in [6.07, 6.45) is 0. The lowest BCUT2D eigenvalue weighted by Crippen LogP contribution is -2.21. The van der Waals surface area contributed by atoms with E-state index >= 15 is 0 Å². The largest absolute Gasteiger partial charge is 0.495 e. The highest BCUT2D eigenvalue weighted by Crippen LogP contribution is 2.40. The second-order valence-corrected chi connectivity index (χ2v) is 6.76. The van der Waals surface area contributed by atoms with Crippen LogP contribution in [0.15, 0.2) is 53.0 Å². The van der Waals surface area contributed by atoms with Crippen molar-refractivity contribution in [2.24, 2.45) is 0 Å². The molecule has 0 aliphatic heterocycles. The minimum absolute atomic E-state index is 0.197. The first-order valence-electron chi connectivity index (χ1n) is 7.40. The summed E-state index contributed by atoms with van der Waals surface area (Å²) >= 11 is 9.01. The number of methoxy groups -OCH3 is 1. The van der Waals surface area contributed by atoms with E-state index in [-0.39, 0.29) is 21.3 Å². The standard InChI is InChI=1S/C18H16BrClF2N2O2/c1-10(2)18(21,22)13-9-12(5-6-14(13)19)23-17(25)24-15-8-11(20)4-7-16(15)26-3/h4-9H,1H2,2-3H3,(H2,23,24,25). The number of anilines is 2. The Balaban J connectivity index is 2.23. The number of nitrogens with one attached hydrogen (secondary N) is 2. The van der Waals surface area contributed by atoms with Crippen molar-refractivity contribution in [2.75, 3.05) is 17.7 Å². The van der Waals surface area contributed by atoms with Crippen LogP contribution in [0.2, 0.25) is 5.02 Å². The van der Waals surface area contributed by atoms with Gasteiger partial charge in [0.15, 0.2) is 0 Å². The summed E-state index contributed by atoms with van der Waals surface area (Å²) in [4.78, 5) is 12.2. The summed E-state index contributed by atoms with van der Waals surface area (Å²) in [6, 6.07) is 8.22. The minimum Gasteiger partial charge on any atom is -0.495 e. The van der Waals surface area contributed by atoms with Gasteiger partial charge in [-0.1, -0.05) is 34.1 Å². The molecule has 2 rings (SSSR count). The molecular weight excluding hydrogens is 430 g/mol. The van der Waals surface area contributed by atoms with E-state index in [4.69, 9.17) is 16.3 Å². The van der Waals surface area contributed by atoms with Crippen molar-refractivity contribution in [3.05, 3.63) is 63.6 Å². The second-order valence-electron chi connectivity index (χ2n) is 5.47. The Morgan fingerprint density at radius 1 is 1.23 bits per heavy atom. The zero-order valence-electron chi connectivity index (χ0n) is 14.0. The third-order valence-electron chi connectivity index (χ3n) is 3.51. The van der Waals surface area contributed by atoms with Gasteiger partial charge in [0, 0.05) is 20.7 Å². The van der Waals surface area contributed by atoms with E-state index in [2.05, 4.69) is 33.1 Å². The Labute approximate surface area is 163 Å². The van der Waals surface area contributed by atoms with E-state index in [1.807, 2.05) is 0 Å². The normalized spacial score (nSPS) is 11.0. The first kappa shape index (κ1) is 20.2. The van der Waals surface area contributed by atoms with Gasteiger partial charge in [-0.2, -0.15) is 8.78 Å². The van der Waals surface area contributed by atoms with Crippen LogP contribution < -0.4 is 15.4 Å². The average molecular weight is 446 g/mol. The molecule has 0 spiro atoms. The van der Waals surface area contributed by atoms with E-state index in [1.165, 1.54) is 38.3 Å². The predicted octanol–water partition coefficient (Wildman–Crippen LogP) is 6.42. The Bertz CT molecular complexity index is 859. The Kier molecular flexibility index (Phi) is 6.26. The van der Waals surface area contributed by atoms with Gasteiger partial charge in [-0.3, -0.25) is 0 Å². The number of allylic oxidation sites excluding steroid dienone is 1. The van der Waals surface area contributed by atoms with Gasteiger partial charge in [-0.15, -0.1) is 0 Å². The summed E-state index contributed by atoms with van der Waals surface area (Å²) < 4.78 is 33.9. The van der Waals surface area contributed by atoms with Gasteiger partial charge in [0.1, 0.15) is 5.75 Å². The molecular formula is C18H16BrClF2N2O2. The number of rotatable bonds is 5.